The van der Waals surface area contributed by atoms with E-state index in [-0.39, 0.29) is 0 Å². The van der Waals surface area contributed by atoms with Crippen LogP contribution < -0.4 is 4.74 Å². The molecule has 20 heavy (non-hydrogen) atoms. The number of aromatic nitrogens is 2. The van der Waals surface area contributed by atoms with E-state index in [1.54, 1.807) is 18.3 Å². The van der Waals surface area contributed by atoms with Gasteiger partial charge in [-0.05, 0) is 12.1 Å². The molecule has 0 amide bonds. The van der Waals surface area contributed by atoms with Crippen LogP contribution in [0.5, 0.6) is 5.75 Å². The fourth-order valence-corrected chi connectivity index (χ4v) is 1.82. The highest BCUT2D eigenvalue weighted by Crippen LogP contribution is 2.16. The number of hydrogen-bond donors (Lipinski definition) is 0. The third kappa shape index (κ3) is 2.59. The first-order chi connectivity index (χ1) is 9.83. The van der Waals surface area contributed by atoms with Gasteiger partial charge < -0.3 is 4.74 Å². The molecule has 0 saturated heterocycles. The summed E-state index contributed by atoms with van der Waals surface area (Å²) in [6.45, 7) is 0. The molecule has 3 rings (SSSR count). The van der Waals surface area contributed by atoms with Gasteiger partial charge >= 0.3 is 6.09 Å². The molecule has 1 heterocycles. The Kier molecular flexibility index (Phi) is 3.29. The molecule has 0 unspecified atom stereocenters. The lowest BCUT2D eigenvalue weighted by atomic mass is 10.2. The molecule has 3 aromatic rings. The van der Waals surface area contributed by atoms with Crippen molar-refractivity contribution in [2.45, 2.75) is 0 Å². The lowest BCUT2D eigenvalue weighted by molar-refractivity contribution is 0.202. The van der Waals surface area contributed by atoms with Gasteiger partial charge in [-0.15, -0.1) is 0 Å². The van der Waals surface area contributed by atoms with Crippen LogP contribution in [0.4, 0.5) is 4.79 Å². The van der Waals surface area contributed by atoms with Crippen molar-refractivity contribution in [3.05, 3.63) is 73.2 Å². The largest absolute Gasteiger partial charge is 0.424 e. The summed E-state index contributed by atoms with van der Waals surface area (Å²) in [6, 6.07) is 18.6. The van der Waals surface area contributed by atoms with Crippen molar-refractivity contribution in [1.29, 1.82) is 0 Å². The Labute approximate surface area is 116 Å². The Hall–Kier alpha value is -2.88. The SMILES string of the molecule is O=C(Oc1ccccc1)n1cnc(-c2ccccc2)c1. The molecule has 0 spiro atoms. The topological polar surface area (TPSA) is 44.1 Å². The van der Waals surface area contributed by atoms with Gasteiger partial charge in [-0.2, -0.15) is 0 Å². The number of carbonyl (C=O) groups excluding carboxylic acids is 1. The van der Waals surface area contributed by atoms with Crippen LogP contribution >= 0.6 is 0 Å². The first-order valence-electron chi connectivity index (χ1n) is 6.19. The summed E-state index contributed by atoms with van der Waals surface area (Å²) in [7, 11) is 0. The van der Waals surface area contributed by atoms with E-state index < -0.39 is 6.09 Å². The Morgan fingerprint density at radius 1 is 0.950 bits per heavy atom. The Morgan fingerprint density at radius 3 is 2.30 bits per heavy atom. The van der Waals surface area contributed by atoms with E-state index in [0.29, 0.717) is 5.75 Å². The standard InChI is InChI=1S/C16H12N2O2/c19-16(20-14-9-5-2-6-10-14)18-11-15(17-12-18)13-7-3-1-4-8-13/h1-12H. The van der Waals surface area contributed by atoms with E-state index >= 15 is 0 Å². The van der Waals surface area contributed by atoms with Gasteiger partial charge in [-0.3, -0.25) is 0 Å². The van der Waals surface area contributed by atoms with E-state index in [4.69, 9.17) is 4.74 Å². The molecule has 1 aromatic heterocycles. The molecule has 0 radical (unpaired) electrons. The number of benzene rings is 2. The van der Waals surface area contributed by atoms with E-state index in [1.165, 1.54) is 10.9 Å². The normalized spacial score (nSPS) is 10.2. The maximum Gasteiger partial charge on any atom is 0.424 e. The van der Waals surface area contributed by atoms with Crippen LogP contribution in [-0.2, 0) is 0 Å². The van der Waals surface area contributed by atoms with Gasteiger partial charge in [0.05, 0.1) is 5.69 Å². The highest BCUT2D eigenvalue weighted by Gasteiger charge is 2.09. The highest BCUT2D eigenvalue weighted by molar-refractivity contribution is 5.74. The van der Waals surface area contributed by atoms with Gasteiger partial charge in [-0.25, -0.2) is 14.3 Å². The molecule has 0 atom stereocenters. The maximum atomic E-state index is 12.0. The molecular formula is C16H12N2O2. The zero-order chi connectivity index (χ0) is 13.8. The minimum absolute atomic E-state index is 0.481. The van der Waals surface area contributed by atoms with E-state index in [1.807, 2.05) is 48.5 Å². The first kappa shape index (κ1) is 12.2. The second-order valence-corrected chi connectivity index (χ2v) is 4.21. The zero-order valence-corrected chi connectivity index (χ0v) is 10.6. The summed E-state index contributed by atoms with van der Waals surface area (Å²) in [6.07, 6.45) is 2.62. The van der Waals surface area contributed by atoms with Gasteiger partial charge in [0, 0.05) is 11.8 Å². The van der Waals surface area contributed by atoms with Crippen molar-refractivity contribution in [3.63, 3.8) is 0 Å². The number of hydrogen-bond acceptors (Lipinski definition) is 3. The van der Waals surface area contributed by atoms with Crippen LogP contribution in [0.1, 0.15) is 0 Å². The van der Waals surface area contributed by atoms with Crippen molar-refractivity contribution in [1.82, 2.24) is 9.55 Å². The van der Waals surface area contributed by atoms with E-state index in [2.05, 4.69) is 4.98 Å². The minimum Gasteiger partial charge on any atom is -0.410 e. The van der Waals surface area contributed by atoms with Crippen LogP contribution in [0.15, 0.2) is 73.2 Å². The molecule has 0 aliphatic heterocycles. The molecule has 4 heteroatoms. The molecule has 98 valence electrons. The van der Waals surface area contributed by atoms with Crippen molar-refractivity contribution in [2.24, 2.45) is 0 Å². The number of para-hydroxylation sites is 1. The second-order valence-electron chi connectivity index (χ2n) is 4.21. The van der Waals surface area contributed by atoms with Gasteiger partial charge in [0.15, 0.2) is 0 Å². The third-order valence-electron chi connectivity index (χ3n) is 2.81. The number of rotatable bonds is 2. The minimum atomic E-state index is -0.481. The second kappa shape index (κ2) is 5.40. The summed E-state index contributed by atoms with van der Waals surface area (Å²) in [5.41, 5.74) is 1.69. The third-order valence-corrected chi connectivity index (χ3v) is 2.81. The smallest absolute Gasteiger partial charge is 0.410 e. The summed E-state index contributed by atoms with van der Waals surface area (Å²) in [5, 5.41) is 0. The van der Waals surface area contributed by atoms with Crippen LogP contribution in [0.2, 0.25) is 0 Å². The number of nitrogens with zero attached hydrogens (tertiary/aromatic N) is 2. The summed E-state index contributed by atoms with van der Waals surface area (Å²) in [5.74, 6) is 0.507. The maximum absolute atomic E-state index is 12.0. The van der Waals surface area contributed by atoms with Crippen LogP contribution in [0.3, 0.4) is 0 Å². The van der Waals surface area contributed by atoms with Crippen molar-refractivity contribution in [3.8, 4) is 17.0 Å². The van der Waals surface area contributed by atoms with Gasteiger partial charge in [0.25, 0.3) is 0 Å². The molecule has 0 aliphatic carbocycles. The number of ether oxygens (including phenoxy) is 1. The van der Waals surface area contributed by atoms with E-state index in [9.17, 15) is 4.79 Å². The monoisotopic (exact) mass is 264 g/mol. The van der Waals surface area contributed by atoms with Gasteiger partial charge in [0.1, 0.15) is 12.1 Å². The predicted molar refractivity (Wildman–Crippen MR) is 75.5 cm³/mol. The van der Waals surface area contributed by atoms with Gasteiger partial charge in [0.2, 0.25) is 0 Å². The Morgan fingerprint density at radius 2 is 1.60 bits per heavy atom. The fraction of sp³-hybridized carbons (Fsp3) is 0. The summed E-state index contributed by atoms with van der Waals surface area (Å²) < 4.78 is 6.56. The van der Waals surface area contributed by atoms with Crippen molar-refractivity contribution in [2.75, 3.05) is 0 Å². The molecule has 0 bridgehead atoms. The molecule has 4 nitrogen and oxygen atoms in total. The molecule has 0 N–H and O–H groups in total. The van der Waals surface area contributed by atoms with Crippen molar-refractivity contribution >= 4 is 6.09 Å². The number of carbonyl (C=O) groups is 1. The quantitative estimate of drug-likeness (QED) is 0.710. The summed E-state index contributed by atoms with van der Waals surface area (Å²) >= 11 is 0. The molecule has 2 aromatic carbocycles. The van der Waals surface area contributed by atoms with Crippen LogP contribution in [0.25, 0.3) is 11.3 Å². The molecule has 0 aliphatic rings. The zero-order valence-electron chi connectivity index (χ0n) is 10.6. The lowest BCUT2D eigenvalue weighted by Gasteiger charge is -2.03. The number of imidazole rings is 1. The molecular weight excluding hydrogens is 252 g/mol. The first-order valence-corrected chi connectivity index (χ1v) is 6.19. The van der Waals surface area contributed by atoms with E-state index in [0.717, 1.165) is 11.3 Å². The van der Waals surface area contributed by atoms with Crippen molar-refractivity contribution < 1.29 is 9.53 Å². The highest BCUT2D eigenvalue weighted by atomic mass is 16.6. The molecule has 0 fully saturated rings. The Balaban J connectivity index is 1.79. The lowest BCUT2D eigenvalue weighted by Crippen LogP contribution is -2.14. The molecule has 0 saturated carbocycles. The average Bonchev–Trinajstić information content (AvgIpc) is 2.99. The Bertz CT molecular complexity index is 706. The van der Waals surface area contributed by atoms with Crippen LogP contribution in [-0.4, -0.2) is 15.6 Å². The summed E-state index contributed by atoms with van der Waals surface area (Å²) in [4.78, 5) is 16.2. The fourth-order valence-electron chi connectivity index (χ4n) is 1.82. The van der Waals surface area contributed by atoms with Crippen LogP contribution in [0, 0.1) is 0 Å². The van der Waals surface area contributed by atoms with Gasteiger partial charge in [-0.1, -0.05) is 48.5 Å². The average molecular weight is 264 g/mol. The predicted octanol–water partition coefficient (Wildman–Crippen LogP) is 3.60.